The number of ether oxygens (including phenoxy) is 2. The summed E-state index contributed by atoms with van der Waals surface area (Å²) in [7, 11) is 0. The SMILES string of the molecule is C=C(C)C(=O)Oc1ccc(OC(C)(CC)CC)cc1. The Morgan fingerprint density at radius 1 is 1.16 bits per heavy atom. The van der Waals surface area contributed by atoms with E-state index >= 15 is 0 Å². The Labute approximate surface area is 115 Å². The minimum absolute atomic E-state index is 0.157. The highest BCUT2D eigenvalue weighted by atomic mass is 16.5. The third-order valence-corrected chi connectivity index (χ3v) is 3.24. The maximum atomic E-state index is 11.4. The highest BCUT2D eigenvalue weighted by Gasteiger charge is 2.21. The predicted molar refractivity (Wildman–Crippen MR) is 76.5 cm³/mol. The van der Waals surface area contributed by atoms with Gasteiger partial charge in [-0.1, -0.05) is 20.4 Å². The Bertz CT molecular complexity index is 442. The van der Waals surface area contributed by atoms with E-state index in [2.05, 4.69) is 27.4 Å². The van der Waals surface area contributed by atoms with E-state index in [1.165, 1.54) is 0 Å². The number of rotatable bonds is 6. The van der Waals surface area contributed by atoms with E-state index in [1.54, 1.807) is 19.1 Å². The molecule has 0 aliphatic rings. The van der Waals surface area contributed by atoms with Crippen molar-refractivity contribution >= 4 is 5.97 Å². The number of esters is 1. The second-order valence-corrected chi connectivity index (χ2v) is 4.90. The lowest BCUT2D eigenvalue weighted by Gasteiger charge is -2.28. The first-order valence-electron chi connectivity index (χ1n) is 6.57. The van der Waals surface area contributed by atoms with E-state index in [-0.39, 0.29) is 5.60 Å². The molecule has 0 unspecified atom stereocenters. The van der Waals surface area contributed by atoms with Crippen molar-refractivity contribution in [2.24, 2.45) is 0 Å². The minimum Gasteiger partial charge on any atom is -0.488 e. The van der Waals surface area contributed by atoms with Gasteiger partial charge in [0.15, 0.2) is 0 Å². The van der Waals surface area contributed by atoms with E-state index < -0.39 is 5.97 Å². The van der Waals surface area contributed by atoms with Crippen molar-refractivity contribution in [1.29, 1.82) is 0 Å². The lowest BCUT2D eigenvalue weighted by molar-refractivity contribution is -0.130. The predicted octanol–water partition coefficient (Wildman–Crippen LogP) is 4.13. The van der Waals surface area contributed by atoms with Crippen LogP contribution in [0, 0.1) is 0 Å². The fourth-order valence-electron chi connectivity index (χ4n) is 1.45. The van der Waals surface area contributed by atoms with Gasteiger partial charge in [0.2, 0.25) is 0 Å². The Balaban J connectivity index is 2.71. The number of carbonyl (C=O) groups is 1. The maximum absolute atomic E-state index is 11.4. The van der Waals surface area contributed by atoms with Gasteiger partial charge in [-0.3, -0.25) is 0 Å². The molecular weight excluding hydrogens is 240 g/mol. The minimum atomic E-state index is -0.416. The van der Waals surface area contributed by atoms with Crippen LogP contribution in [-0.2, 0) is 4.79 Å². The zero-order valence-corrected chi connectivity index (χ0v) is 12.2. The van der Waals surface area contributed by atoms with Crippen LogP contribution in [0.25, 0.3) is 0 Å². The third kappa shape index (κ3) is 4.43. The van der Waals surface area contributed by atoms with Crippen LogP contribution in [-0.4, -0.2) is 11.6 Å². The van der Waals surface area contributed by atoms with Gasteiger partial charge in [-0.25, -0.2) is 4.79 Å². The molecule has 1 rings (SSSR count). The average molecular weight is 262 g/mol. The molecule has 0 spiro atoms. The summed E-state index contributed by atoms with van der Waals surface area (Å²) in [6.45, 7) is 11.5. The van der Waals surface area contributed by atoms with Crippen molar-refractivity contribution in [3.05, 3.63) is 36.4 Å². The van der Waals surface area contributed by atoms with Crippen LogP contribution in [0.1, 0.15) is 40.5 Å². The van der Waals surface area contributed by atoms with Crippen molar-refractivity contribution in [2.75, 3.05) is 0 Å². The Morgan fingerprint density at radius 2 is 1.63 bits per heavy atom. The third-order valence-electron chi connectivity index (χ3n) is 3.24. The van der Waals surface area contributed by atoms with Crippen molar-refractivity contribution < 1.29 is 14.3 Å². The largest absolute Gasteiger partial charge is 0.488 e. The van der Waals surface area contributed by atoms with Gasteiger partial charge < -0.3 is 9.47 Å². The Morgan fingerprint density at radius 3 is 2.05 bits per heavy atom. The molecule has 0 fully saturated rings. The lowest BCUT2D eigenvalue weighted by Crippen LogP contribution is -2.30. The van der Waals surface area contributed by atoms with Crippen molar-refractivity contribution in [3.8, 4) is 11.5 Å². The van der Waals surface area contributed by atoms with Crippen molar-refractivity contribution in [3.63, 3.8) is 0 Å². The summed E-state index contributed by atoms with van der Waals surface area (Å²) in [6, 6.07) is 7.07. The average Bonchev–Trinajstić information content (AvgIpc) is 2.40. The molecule has 3 nitrogen and oxygen atoms in total. The lowest BCUT2D eigenvalue weighted by atomic mass is 10.00. The standard InChI is InChI=1S/C16H22O3/c1-6-16(5,7-2)19-14-10-8-13(9-11-14)18-15(17)12(3)4/h8-11H,3,6-7H2,1-2,4-5H3. The van der Waals surface area contributed by atoms with Gasteiger partial charge in [-0.2, -0.15) is 0 Å². The number of benzene rings is 1. The highest BCUT2D eigenvalue weighted by molar-refractivity contribution is 5.88. The first-order chi connectivity index (χ1) is 8.90. The van der Waals surface area contributed by atoms with Crippen LogP contribution in [0.15, 0.2) is 36.4 Å². The van der Waals surface area contributed by atoms with Gasteiger partial charge in [0.25, 0.3) is 0 Å². The quantitative estimate of drug-likeness (QED) is 0.439. The summed E-state index contributed by atoms with van der Waals surface area (Å²) in [6.07, 6.45) is 1.88. The van der Waals surface area contributed by atoms with Crippen LogP contribution in [0.4, 0.5) is 0 Å². The van der Waals surface area contributed by atoms with Crippen molar-refractivity contribution in [1.82, 2.24) is 0 Å². The van der Waals surface area contributed by atoms with Crippen LogP contribution < -0.4 is 9.47 Å². The molecule has 0 N–H and O–H groups in total. The molecule has 1 aromatic rings. The summed E-state index contributed by atoms with van der Waals surface area (Å²) < 4.78 is 11.1. The summed E-state index contributed by atoms with van der Waals surface area (Å²) in [5.74, 6) is 0.858. The smallest absolute Gasteiger partial charge is 0.338 e. The number of hydrogen-bond acceptors (Lipinski definition) is 3. The van der Waals surface area contributed by atoms with Crippen LogP contribution in [0.3, 0.4) is 0 Å². The summed E-state index contributed by atoms with van der Waals surface area (Å²) in [5.41, 5.74) is 0.223. The molecule has 0 saturated carbocycles. The maximum Gasteiger partial charge on any atom is 0.338 e. The van der Waals surface area contributed by atoms with Gasteiger partial charge in [0.1, 0.15) is 17.1 Å². The second-order valence-electron chi connectivity index (χ2n) is 4.90. The number of hydrogen-bond donors (Lipinski definition) is 0. The molecule has 1 aromatic carbocycles. The molecule has 0 aliphatic heterocycles. The molecule has 0 amide bonds. The molecule has 0 radical (unpaired) electrons. The highest BCUT2D eigenvalue weighted by Crippen LogP contribution is 2.26. The van der Waals surface area contributed by atoms with E-state index in [4.69, 9.17) is 9.47 Å². The number of carbonyl (C=O) groups excluding carboxylic acids is 1. The van der Waals surface area contributed by atoms with E-state index in [9.17, 15) is 4.79 Å². The second kappa shape index (κ2) is 6.41. The first-order valence-corrected chi connectivity index (χ1v) is 6.57. The molecule has 0 aromatic heterocycles. The van der Waals surface area contributed by atoms with Crippen molar-refractivity contribution in [2.45, 2.75) is 46.1 Å². The van der Waals surface area contributed by atoms with E-state index in [1.807, 2.05) is 12.1 Å². The first kappa shape index (κ1) is 15.3. The van der Waals surface area contributed by atoms with Crippen LogP contribution in [0.2, 0.25) is 0 Å². The summed E-state index contributed by atoms with van der Waals surface area (Å²) in [4.78, 5) is 11.4. The topological polar surface area (TPSA) is 35.5 Å². The summed E-state index contributed by atoms with van der Waals surface area (Å²) >= 11 is 0. The zero-order valence-electron chi connectivity index (χ0n) is 12.2. The van der Waals surface area contributed by atoms with Crippen LogP contribution in [0.5, 0.6) is 11.5 Å². The fourth-order valence-corrected chi connectivity index (χ4v) is 1.45. The molecule has 19 heavy (non-hydrogen) atoms. The fraction of sp³-hybridized carbons (Fsp3) is 0.438. The molecule has 0 aliphatic carbocycles. The van der Waals surface area contributed by atoms with E-state index in [0.29, 0.717) is 11.3 Å². The van der Waals surface area contributed by atoms with Crippen LogP contribution >= 0.6 is 0 Å². The molecule has 0 saturated heterocycles. The molecule has 3 heteroatoms. The monoisotopic (exact) mass is 262 g/mol. The molecule has 0 atom stereocenters. The van der Waals surface area contributed by atoms with Gasteiger partial charge >= 0.3 is 5.97 Å². The van der Waals surface area contributed by atoms with Gasteiger partial charge in [-0.05, 0) is 51.0 Å². The molecule has 104 valence electrons. The molecule has 0 bridgehead atoms. The van der Waals surface area contributed by atoms with Gasteiger partial charge in [-0.15, -0.1) is 0 Å². The Kier molecular flexibility index (Phi) is 5.16. The zero-order chi connectivity index (χ0) is 14.5. The molecule has 0 heterocycles. The van der Waals surface area contributed by atoms with E-state index in [0.717, 1.165) is 18.6 Å². The Hall–Kier alpha value is -1.77. The normalized spacial score (nSPS) is 10.9. The molecular formula is C16H22O3. The summed E-state index contributed by atoms with van der Waals surface area (Å²) in [5, 5.41) is 0. The van der Waals surface area contributed by atoms with Gasteiger partial charge in [0.05, 0.1) is 0 Å². The van der Waals surface area contributed by atoms with Gasteiger partial charge in [0, 0.05) is 5.57 Å².